The smallest absolute Gasteiger partial charge is 0.356 e. The van der Waals surface area contributed by atoms with Crippen molar-refractivity contribution in [3.8, 4) is 5.75 Å². The number of benzene rings is 1. The molecular weight excluding hydrogens is 328 g/mol. The van der Waals surface area contributed by atoms with Gasteiger partial charge in [0.2, 0.25) is 0 Å². The van der Waals surface area contributed by atoms with Crippen LogP contribution < -0.4 is 10.1 Å². The van der Waals surface area contributed by atoms with Gasteiger partial charge >= 0.3 is 5.97 Å². The summed E-state index contributed by atoms with van der Waals surface area (Å²) >= 11 is 5.51. The minimum atomic E-state index is -0.991. The first-order valence-corrected chi connectivity index (χ1v) is 7.89. The molecule has 8 heteroatoms. The molecule has 2 heterocycles. The zero-order valence-electron chi connectivity index (χ0n) is 13.4. The van der Waals surface area contributed by atoms with Gasteiger partial charge in [0, 0.05) is 19.2 Å². The van der Waals surface area contributed by atoms with E-state index in [0.717, 1.165) is 16.9 Å². The lowest BCUT2D eigenvalue weighted by Crippen LogP contribution is -2.39. The number of hydrogen-bond acceptors (Lipinski definition) is 4. The Morgan fingerprint density at radius 3 is 2.88 bits per heavy atom. The van der Waals surface area contributed by atoms with Gasteiger partial charge in [0.1, 0.15) is 5.75 Å². The first kappa shape index (κ1) is 16.3. The van der Waals surface area contributed by atoms with Crippen LogP contribution in [0.15, 0.2) is 24.3 Å². The highest BCUT2D eigenvalue weighted by atomic mass is 32.1. The van der Waals surface area contributed by atoms with Crippen LogP contribution in [0.3, 0.4) is 0 Å². The average Bonchev–Trinajstić information content (AvgIpc) is 2.92. The number of aromatic nitrogens is 2. The minimum absolute atomic E-state index is 0.135. The molecule has 0 spiro atoms. The standard InChI is InChI=1S/C16H18N4O3S/c1-19-12-9-20(8-7-10(12)14(18-19)15(21)22)16(24)17-11-5-3-4-6-13(11)23-2/h3-6H,7-9H2,1-2H3,(H,17,24)(H,21,22). The van der Waals surface area contributed by atoms with Crippen molar-refractivity contribution in [2.75, 3.05) is 19.0 Å². The number of carboxylic acid groups (broad SMARTS) is 1. The van der Waals surface area contributed by atoms with Crippen LogP contribution in [0, 0.1) is 0 Å². The van der Waals surface area contributed by atoms with Crippen molar-refractivity contribution in [3.05, 3.63) is 41.2 Å². The second kappa shape index (κ2) is 6.48. The van der Waals surface area contributed by atoms with Gasteiger partial charge in [0.05, 0.1) is 25.0 Å². The van der Waals surface area contributed by atoms with Gasteiger partial charge in [-0.25, -0.2) is 4.79 Å². The Bertz CT molecular complexity index is 803. The molecule has 2 N–H and O–H groups in total. The molecule has 126 valence electrons. The number of nitrogens with zero attached hydrogens (tertiary/aromatic N) is 3. The van der Waals surface area contributed by atoms with E-state index in [1.54, 1.807) is 18.8 Å². The fourth-order valence-corrected chi connectivity index (χ4v) is 3.12. The quantitative estimate of drug-likeness (QED) is 0.822. The van der Waals surface area contributed by atoms with Gasteiger partial charge in [-0.2, -0.15) is 5.10 Å². The normalized spacial score (nSPS) is 13.3. The summed E-state index contributed by atoms with van der Waals surface area (Å²) in [6.07, 6.45) is 0.596. The number of anilines is 1. The molecule has 1 aliphatic rings. The van der Waals surface area contributed by atoms with Gasteiger partial charge in [-0.3, -0.25) is 4.68 Å². The zero-order valence-corrected chi connectivity index (χ0v) is 14.3. The van der Waals surface area contributed by atoms with Crippen LogP contribution >= 0.6 is 12.2 Å². The van der Waals surface area contributed by atoms with Gasteiger partial charge in [0.25, 0.3) is 0 Å². The second-order valence-electron chi connectivity index (χ2n) is 5.50. The highest BCUT2D eigenvalue weighted by molar-refractivity contribution is 7.80. The summed E-state index contributed by atoms with van der Waals surface area (Å²) in [7, 11) is 3.37. The molecule has 0 aliphatic carbocycles. The number of carbonyl (C=O) groups is 1. The molecule has 7 nitrogen and oxygen atoms in total. The highest BCUT2D eigenvalue weighted by Crippen LogP contribution is 2.26. The molecule has 0 fully saturated rings. The number of thiocarbonyl (C=S) groups is 1. The Morgan fingerprint density at radius 1 is 1.42 bits per heavy atom. The maximum atomic E-state index is 11.3. The molecule has 24 heavy (non-hydrogen) atoms. The Labute approximate surface area is 144 Å². The topological polar surface area (TPSA) is 79.6 Å². The maximum Gasteiger partial charge on any atom is 0.356 e. The van der Waals surface area contributed by atoms with Crippen molar-refractivity contribution in [2.45, 2.75) is 13.0 Å². The van der Waals surface area contributed by atoms with Gasteiger partial charge in [-0.15, -0.1) is 0 Å². The third-order valence-electron chi connectivity index (χ3n) is 4.09. The Hall–Kier alpha value is -2.61. The third kappa shape index (κ3) is 2.92. The summed E-state index contributed by atoms with van der Waals surface area (Å²) in [6.45, 7) is 1.16. The van der Waals surface area contributed by atoms with E-state index in [1.807, 2.05) is 29.2 Å². The molecule has 1 aromatic carbocycles. The zero-order chi connectivity index (χ0) is 17.3. The Balaban J connectivity index is 1.78. The van der Waals surface area contributed by atoms with E-state index in [9.17, 15) is 9.90 Å². The SMILES string of the molecule is COc1ccccc1NC(=S)N1CCc2c(C(=O)O)nn(C)c2C1. The van der Waals surface area contributed by atoms with Crippen molar-refractivity contribution < 1.29 is 14.6 Å². The lowest BCUT2D eigenvalue weighted by Gasteiger charge is -2.30. The van der Waals surface area contributed by atoms with E-state index in [1.165, 1.54) is 0 Å². The van der Waals surface area contributed by atoms with Crippen LogP contribution in [0.5, 0.6) is 5.75 Å². The van der Waals surface area contributed by atoms with E-state index < -0.39 is 5.97 Å². The maximum absolute atomic E-state index is 11.3. The summed E-state index contributed by atoms with van der Waals surface area (Å²) in [5.41, 5.74) is 2.60. The van der Waals surface area contributed by atoms with Crippen LogP contribution in [0.2, 0.25) is 0 Å². The number of ether oxygens (including phenoxy) is 1. The fourth-order valence-electron chi connectivity index (χ4n) is 2.86. The lowest BCUT2D eigenvalue weighted by molar-refractivity contribution is 0.0688. The van der Waals surface area contributed by atoms with Crippen LogP contribution in [-0.2, 0) is 20.0 Å². The number of methoxy groups -OCH3 is 1. The van der Waals surface area contributed by atoms with E-state index >= 15 is 0 Å². The van der Waals surface area contributed by atoms with Gasteiger partial charge in [-0.1, -0.05) is 12.1 Å². The minimum Gasteiger partial charge on any atom is -0.495 e. The molecule has 0 atom stereocenters. The number of para-hydroxylation sites is 2. The summed E-state index contributed by atoms with van der Waals surface area (Å²) in [6, 6.07) is 7.55. The van der Waals surface area contributed by atoms with Crippen LogP contribution in [0.1, 0.15) is 21.7 Å². The number of aryl methyl sites for hydroxylation is 1. The lowest BCUT2D eigenvalue weighted by atomic mass is 10.0. The third-order valence-corrected chi connectivity index (χ3v) is 4.45. The van der Waals surface area contributed by atoms with Crippen LogP contribution in [0.25, 0.3) is 0 Å². The molecule has 1 aliphatic heterocycles. The summed E-state index contributed by atoms with van der Waals surface area (Å²) in [5.74, 6) is -0.277. The summed E-state index contributed by atoms with van der Waals surface area (Å²) in [4.78, 5) is 13.3. The molecule has 0 saturated carbocycles. The second-order valence-corrected chi connectivity index (χ2v) is 5.89. The molecule has 0 radical (unpaired) electrons. The van der Waals surface area contributed by atoms with E-state index in [0.29, 0.717) is 30.4 Å². The largest absolute Gasteiger partial charge is 0.495 e. The molecule has 1 aromatic heterocycles. The number of fused-ring (bicyclic) bond motifs is 1. The molecule has 0 amide bonds. The number of aromatic carboxylic acids is 1. The summed E-state index contributed by atoms with van der Waals surface area (Å²) in [5, 5.41) is 17.1. The van der Waals surface area contributed by atoms with Crippen molar-refractivity contribution >= 4 is 29.0 Å². The Kier molecular flexibility index (Phi) is 4.39. The van der Waals surface area contributed by atoms with Crippen LogP contribution in [0.4, 0.5) is 5.69 Å². The average molecular weight is 346 g/mol. The predicted octanol–water partition coefficient (Wildman–Crippen LogP) is 1.88. The first-order chi connectivity index (χ1) is 11.5. The van der Waals surface area contributed by atoms with Gasteiger partial charge in [0.15, 0.2) is 10.8 Å². The van der Waals surface area contributed by atoms with Gasteiger partial charge < -0.3 is 20.1 Å². The number of hydrogen-bond donors (Lipinski definition) is 2. The molecule has 0 unspecified atom stereocenters. The van der Waals surface area contributed by atoms with E-state index in [4.69, 9.17) is 17.0 Å². The molecule has 0 saturated heterocycles. The number of carboxylic acids is 1. The van der Waals surface area contributed by atoms with E-state index in [2.05, 4.69) is 10.4 Å². The molecular formula is C16H18N4O3S. The Morgan fingerprint density at radius 2 is 2.17 bits per heavy atom. The highest BCUT2D eigenvalue weighted by Gasteiger charge is 2.27. The van der Waals surface area contributed by atoms with Gasteiger partial charge in [-0.05, 0) is 30.8 Å². The van der Waals surface area contributed by atoms with Crippen molar-refractivity contribution in [3.63, 3.8) is 0 Å². The van der Waals surface area contributed by atoms with E-state index in [-0.39, 0.29) is 5.69 Å². The van der Waals surface area contributed by atoms with Crippen molar-refractivity contribution in [2.24, 2.45) is 7.05 Å². The first-order valence-electron chi connectivity index (χ1n) is 7.48. The predicted molar refractivity (Wildman–Crippen MR) is 93.5 cm³/mol. The monoisotopic (exact) mass is 346 g/mol. The number of nitrogens with one attached hydrogen (secondary N) is 1. The van der Waals surface area contributed by atoms with Crippen LogP contribution in [-0.4, -0.2) is 44.5 Å². The van der Waals surface area contributed by atoms with Crippen molar-refractivity contribution in [1.29, 1.82) is 0 Å². The number of rotatable bonds is 3. The molecule has 0 bridgehead atoms. The molecule has 3 rings (SSSR count). The fraction of sp³-hybridized carbons (Fsp3) is 0.312. The molecule has 2 aromatic rings. The van der Waals surface area contributed by atoms with Crippen molar-refractivity contribution in [1.82, 2.24) is 14.7 Å². The summed E-state index contributed by atoms with van der Waals surface area (Å²) < 4.78 is 6.94.